The molecule has 1 unspecified atom stereocenters. The first-order valence-electron chi connectivity index (χ1n) is 7.29. The van der Waals surface area contributed by atoms with Crippen molar-refractivity contribution >= 4 is 22.8 Å². The second kappa shape index (κ2) is 5.74. The molecule has 0 aliphatic carbocycles. The zero-order valence-corrected chi connectivity index (χ0v) is 12.9. The van der Waals surface area contributed by atoms with Gasteiger partial charge in [0.05, 0.1) is 11.6 Å². The van der Waals surface area contributed by atoms with Gasteiger partial charge in [-0.25, -0.2) is 4.98 Å². The summed E-state index contributed by atoms with van der Waals surface area (Å²) in [5.41, 5.74) is 3.15. The van der Waals surface area contributed by atoms with Crippen LogP contribution in [0.4, 0.5) is 0 Å². The first-order valence-corrected chi connectivity index (χ1v) is 7.82. The average molecular weight is 297 g/mol. The van der Waals surface area contributed by atoms with E-state index >= 15 is 0 Å². The molecule has 1 aliphatic rings. The number of alkyl halides is 1. The summed E-state index contributed by atoms with van der Waals surface area (Å²) in [5, 5.41) is 4.55. The highest BCUT2D eigenvalue weighted by atomic mass is 35.5. The summed E-state index contributed by atoms with van der Waals surface area (Å²) in [7, 11) is 1.98. The van der Waals surface area contributed by atoms with Crippen LogP contribution in [-0.4, -0.2) is 32.5 Å². The lowest BCUT2D eigenvalue weighted by Crippen LogP contribution is -2.10. The van der Waals surface area contributed by atoms with E-state index in [0.29, 0.717) is 11.8 Å². The number of hydrogen-bond acceptors (Lipinski definition) is 3. The van der Waals surface area contributed by atoms with Gasteiger partial charge in [-0.1, -0.05) is 6.92 Å². The lowest BCUT2D eigenvalue weighted by atomic mass is 10.1. The quantitative estimate of drug-likeness (QED) is 0.796. The number of rotatable bonds is 5. The molecule has 0 radical (unpaired) electrons. The minimum Gasteiger partial charge on any atom is -0.381 e. The summed E-state index contributed by atoms with van der Waals surface area (Å²) in [4.78, 5) is 4.68. The number of hydrogen-bond donors (Lipinski definition) is 0. The molecule has 6 heteroatoms. The van der Waals surface area contributed by atoms with Crippen LogP contribution in [0.3, 0.4) is 0 Å². The van der Waals surface area contributed by atoms with Crippen molar-refractivity contribution < 1.29 is 4.74 Å². The zero-order chi connectivity index (χ0) is 14.1. The SMILES string of the molecule is CCc1nn(C)c2c1nc(CCl)n2CCC1CCOC1. The Balaban J connectivity index is 1.92. The number of fused-ring (bicyclic) bond motifs is 1. The summed E-state index contributed by atoms with van der Waals surface area (Å²) in [6, 6.07) is 0. The zero-order valence-electron chi connectivity index (χ0n) is 12.1. The first kappa shape index (κ1) is 13.9. The van der Waals surface area contributed by atoms with Crippen molar-refractivity contribution in [3.63, 3.8) is 0 Å². The minimum absolute atomic E-state index is 0.443. The molecule has 0 bridgehead atoms. The van der Waals surface area contributed by atoms with Crippen molar-refractivity contribution in [2.75, 3.05) is 13.2 Å². The van der Waals surface area contributed by atoms with Crippen LogP contribution in [-0.2, 0) is 30.6 Å². The minimum atomic E-state index is 0.443. The summed E-state index contributed by atoms with van der Waals surface area (Å²) in [6.45, 7) is 4.84. The van der Waals surface area contributed by atoms with E-state index < -0.39 is 0 Å². The molecule has 0 aromatic carbocycles. The van der Waals surface area contributed by atoms with Gasteiger partial charge in [0.25, 0.3) is 0 Å². The largest absolute Gasteiger partial charge is 0.381 e. The average Bonchev–Trinajstić information content (AvgIpc) is 3.13. The number of nitrogens with zero attached hydrogens (tertiary/aromatic N) is 4. The lowest BCUT2D eigenvalue weighted by Gasteiger charge is -2.11. The topological polar surface area (TPSA) is 44.9 Å². The molecule has 1 aliphatic heterocycles. The molecule has 3 rings (SSSR count). The second-order valence-corrected chi connectivity index (χ2v) is 5.69. The summed E-state index contributed by atoms with van der Waals surface area (Å²) in [5.74, 6) is 2.05. The monoisotopic (exact) mass is 296 g/mol. The molecule has 2 aromatic heterocycles. The molecule has 2 aromatic rings. The maximum atomic E-state index is 6.07. The summed E-state index contributed by atoms with van der Waals surface area (Å²) < 4.78 is 9.61. The Hall–Kier alpha value is -1.07. The fourth-order valence-electron chi connectivity index (χ4n) is 2.98. The molecule has 1 saturated heterocycles. The molecule has 110 valence electrons. The normalized spacial score (nSPS) is 19.2. The van der Waals surface area contributed by atoms with E-state index in [0.717, 1.165) is 55.3 Å². The maximum Gasteiger partial charge on any atom is 0.158 e. The van der Waals surface area contributed by atoms with E-state index in [1.54, 1.807) is 0 Å². The van der Waals surface area contributed by atoms with Crippen LogP contribution in [0.1, 0.15) is 31.3 Å². The van der Waals surface area contributed by atoms with Crippen molar-refractivity contribution in [2.45, 2.75) is 38.6 Å². The van der Waals surface area contributed by atoms with Gasteiger partial charge in [0.2, 0.25) is 0 Å². The number of imidazole rings is 1. The Labute approximate surface area is 123 Å². The van der Waals surface area contributed by atoms with Crippen molar-refractivity contribution in [1.82, 2.24) is 19.3 Å². The third-order valence-electron chi connectivity index (χ3n) is 4.11. The van der Waals surface area contributed by atoms with E-state index in [9.17, 15) is 0 Å². The molecule has 5 nitrogen and oxygen atoms in total. The van der Waals surface area contributed by atoms with Gasteiger partial charge in [0.1, 0.15) is 11.3 Å². The Kier molecular flexibility index (Phi) is 3.98. The van der Waals surface area contributed by atoms with Gasteiger partial charge < -0.3 is 9.30 Å². The van der Waals surface area contributed by atoms with Gasteiger partial charge in [-0.3, -0.25) is 4.68 Å². The lowest BCUT2D eigenvalue weighted by molar-refractivity contribution is 0.183. The van der Waals surface area contributed by atoms with E-state index in [-0.39, 0.29) is 0 Å². The Morgan fingerprint density at radius 2 is 2.30 bits per heavy atom. The Morgan fingerprint density at radius 1 is 1.45 bits per heavy atom. The van der Waals surface area contributed by atoms with Crippen LogP contribution in [0, 0.1) is 5.92 Å². The van der Waals surface area contributed by atoms with E-state index in [1.165, 1.54) is 6.42 Å². The van der Waals surface area contributed by atoms with Crippen LogP contribution >= 0.6 is 11.6 Å². The van der Waals surface area contributed by atoms with Gasteiger partial charge in [0, 0.05) is 26.8 Å². The predicted molar refractivity (Wildman–Crippen MR) is 79.0 cm³/mol. The Bertz CT molecular complexity index is 598. The van der Waals surface area contributed by atoms with Crippen LogP contribution < -0.4 is 0 Å². The molecular weight excluding hydrogens is 276 g/mol. The highest BCUT2D eigenvalue weighted by Crippen LogP contribution is 2.24. The molecule has 20 heavy (non-hydrogen) atoms. The van der Waals surface area contributed by atoms with Crippen LogP contribution in [0.25, 0.3) is 11.2 Å². The van der Waals surface area contributed by atoms with Crippen molar-refractivity contribution in [1.29, 1.82) is 0 Å². The standard InChI is InChI=1S/C14H21ClN4O/c1-3-11-13-14(18(2)17-11)19(12(8-15)16-13)6-4-10-5-7-20-9-10/h10H,3-9H2,1-2H3. The smallest absolute Gasteiger partial charge is 0.158 e. The number of aromatic nitrogens is 4. The number of ether oxygens (including phenoxy) is 1. The van der Waals surface area contributed by atoms with Crippen molar-refractivity contribution in [3.8, 4) is 0 Å². The maximum absolute atomic E-state index is 6.07. The van der Waals surface area contributed by atoms with Crippen LogP contribution in [0.2, 0.25) is 0 Å². The fourth-order valence-corrected chi connectivity index (χ4v) is 3.19. The second-order valence-electron chi connectivity index (χ2n) is 5.43. The molecule has 3 heterocycles. The Morgan fingerprint density at radius 3 is 2.95 bits per heavy atom. The van der Waals surface area contributed by atoms with E-state index in [4.69, 9.17) is 16.3 Å². The predicted octanol–water partition coefficient (Wildman–Crippen LogP) is 2.50. The van der Waals surface area contributed by atoms with Gasteiger partial charge in [-0.2, -0.15) is 5.10 Å². The fraction of sp³-hybridized carbons (Fsp3) is 0.714. The summed E-state index contributed by atoms with van der Waals surface area (Å²) in [6.07, 6.45) is 3.17. The van der Waals surface area contributed by atoms with Gasteiger partial charge in [-0.05, 0) is 25.2 Å². The molecule has 0 amide bonds. The van der Waals surface area contributed by atoms with E-state index in [2.05, 4.69) is 21.6 Å². The third kappa shape index (κ3) is 2.33. The summed E-state index contributed by atoms with van der Waals surface area (Å²) >= 11 is 6.07. The van der Waals surface area contributed by atoms with E-state index in [1.807, 2.05) is 11.7 Å². The van der Waals surface area contributed by atoms with Crippen LogP contribution in [0.5, 0.6) is 0 Å². The number of halogens is 1. The molecule has 1 atom stereocenters. The molecule has 0 N–H and O–H groups in total. The highest BCUT2D eigenvalue weighted by molar-refractivity contribution is 6.16. The van der Waals surface area contributed by atoms with Crippen molar-refractivity contribution in [2.24, 2.45) is 13.0 Å². The van der Waals surface area contributed by atoms with Crippen molar-refractivity contribution in [3.05, 3.63) is 11.5 Å². The van der Waals surface area contributed by atoms with Gasteiger partial charge in [-0.15, -0.1) is 11.6 Å². The van der Waals surface area contributed by atoms with Gasteiger partial charge in [0.15, 0.2) is 5.65 Å². The molecular formula is C14H21ClN4O. The molecule has 0 spiro atoms. The highest BCUT2D eigenvalue weighted by Gasteiger charge is 2.20. The molecule has 1 fully saturated rings. The van der Waals surface area contributed by atoms with Gasteiger partial charge >= 0.3 is 0 Å². The first-order chi connectivity index (χ1) is 9.74. The van der Waals surface area contributed by atoms with Crippen LogP contribution in [0.15, 0.2) is 0 Å². The third-order valence-corrected chi connectivity index (χ3v) is 4.35. The number of aryl methyl sites for hydroxylation is 3. The molecule has 0 saturated carbocycles.